The highest BCUT2D eigenvalue weighted by atomic mass is 16.5. The van der Waals surface area contributed by atoms with E-state index < -0.39 is 6.03 Å². The number of benzene rings is 4. The number of carbonyl (C=O) groups excluding carboxylic acids is 2. The van der Waals surface area contributed by atoms with Gasteiger partial charge in [-0.05, 0) is 60.4 Å². The average Bonchev–Trinajstić information content (AvgIpc) is 3.59. The van der Waals surface area contributed by atoms with Crippen LogP contribution in [0.15, 0.2) is 97.2 Å². The third-order valence-electron chi connectivity index (χ3n) is 7.88. The van der Waals surface area contributed by atoms with Crippen molar-refractivity contribution >= 4 is 45.6 Å². The number of urea groups is 1. The van der Waals surface area contributed by atoms with Gasteiger partial charge in [0.2, 0.25) is 0 Å². The summed E-state index contributed by atoms with van der Waals surface area (Å²) < 4.78 is 17.4. The summed E-state index contributed by atoms with van der Waals surface area (Å²) in [5.41, 5.74) is 3.14. The van der Waals surface area contributed by atoms with Gasteiger partial charge in [0.05, 0.1) is 36.7 Å². The number of anilines is 4. The topological polar surface area (TPSA) is 123 Å². The van der Waals surface area contributed by atoms with Crippen LogP contribution in [-0.2, 0) is 4.74 Å². The number of fused-ring (bicyclic) bond motifs is 1. The molecule has 0 bridgehead atoms. The van der Waals surface area contributed by atoms with Crippen LogP contribution in [0.1, 0.15) is 42.1 Å². The number of nitrogens with one attached hydrogen (secondary N) is 4. The molecule has 0 saturated carbocycles. The largest absolute Gasteiger partial charge is 0.494 e. The van der Waals surface area contributed by atoms with Crippen molar-refractivity contribution in [3.8, 4) is 17.2 Å². The SMILES string of the molecule is COc1c(NC(=O)Nc2ccc(Oc3ccnc(Nc4ccccc4)c3)c3ccccc23)cc(C(C)C)cc1C(=O)N[C@@H]1CCOC1. The molecule has 4 N–H and O–H groups in total. The molecular formula is C37H37N5O5. The van der Waals surface area contributed by atoms with Crippen LogP contribution in [0, 0.1) is 0 Å². The molecule has 5 aromatic rings. The van der Waals surface area contributed by atoms with Crippen molar-refractivity contribution in [1.82, 2.24) is 10.3 Å². The van der Waals surface area contributed by atoms with E-state index in [1.165, 1.54) is 7.11 Å². The molecule has 1 atom stereocenters. The molecule has 3 amide bonds. The minimum atomic E-state index is -0.482. The van der Waals surface area contributed by atoms with Crippen molar-refractivity contribution < 1.29 is 23.8 Å². The average molecular weight is 632 g/mol. The van der Waals surface area contributed by atoms with Crippen molar-refractivity contribution in [2.24, 2.45) is 0 Å². The molecule has 47 heavy (non-hydrogen) atoms. The summed E-state index contributed by atoms with van der Waals surface area (Å²) in [6.45, 7) is 5.14. The van der Waals surface area contributed by atoms with E-state index in [2.05, 4.69) is 26.3 Å². The van der Waals surface area contributed by atoms with E-state index in [9.17, 15) is 9.59 Å². The molecule has 1 saturated heterocycles. The minimum Gasteiger partial charge on any atom is -0.494 e. The summed E-state index contributed by atoms with van der Waals surface area (Å²) in [5.74, 6) is 2.00. The predicted octanol–water partition coefficient (Wildman–Crippen LogP) is 8.07. The Bertz CT molecular complexity index is 1890. The minimum absolute atomic E-state index is 0.0681. The molecular weight excluding hydrogens is 594 g/mol. The van der Waals surface area contributed by atoms with E-state index in [4.69, 9.17) is 14.2 Å². The number of methoxy groups -OCH3 is 1. The van der Waals surface area contributed by atoms with Gasteiger partial charge in [-0.15, -0.1) is 0 Å². The lowest BCUT2D eigenvalue weighted by atomic mass is 9.98. The Morgan fingerprint density at radius 2 is 1.66 bits per heavy atom. The van der Waals surface area contributed by atoms with E-state index in [-0.39, 0.29) is 23.6 Å². The lowest BCUT2D eigenvalue weighted by Gasteiger charge is -2.19. The maximum absolute atomic E-state index is 13.5. The summed E-state index contributed by atoms with van der Waals surface area (Å²) in [4.78, 5) is 31.2. The summed E-state index contributed by atoms with van der Waals surface area (Å²) in [5, 5.41) is 13.8. The number of rotatable bonds is 10. The smallest absolute Gasteiger partial charge is 0.323 e. The molecule has 10 nitrogen and oxygen atoms in total. The Labute approximate surface area is 273 Å². The lowest BCUT2D eigenvalue weighted by Crippen LogP contribution is -2.35. The highest BCUT2D eigenvalue weighted by Gasteiger charge is 2.24. The molecule has 1 aliphatic rings. The van der Waals surface area contributed by atoms with Gasteiger partial charge in [0.25, 0.3) is 5.91 Å². The number of hydrogen-bond acceptors (Lipinski definition) is 7. The number of pyridine rings is 1. The second-order valence-corrected chi connectivity index (χ2v) is 11.5. The molecule has 10 heteroatoms. The zero-order valence-electron chi connectivity index (χ0n) is 26.5. The number of carbonyl (C=O) groups is 2. The van der Waals surface area contributed by atoms with E-state index >= 15 is 0 Å². The first kappa shape index (κ1) is 31.4. The number of nitrogens with zero attached hydrogens (tertiary/aromatic N) is 1. The molecule has 2 heterocycles. The van der Waals surface area contributed by atoms with Gasteiger partial charge in [0, 0.05) is 35.3 Å². The Balaban J connectivity index is 1.22. The maximum Gasteiger partial charge on any atom is 0.323 e. The molecule has 4 aromatic carbocycles. The van der Waals surface area contributed by atoms with Gasteiger partial charge in [-0.25, -0.2) is 9.78 Å². The van der Waals surface area contributed by atoms with Crippen molar-refractivity contribution in [1.29, 1.82) is 0 Å². The zero-order chi connectivity index (χ0) is 32.8. The third kappa shape index (κ3) is 7.45. The van der Waals surface area contributed by atoms with Crippen LogP contribution in [0.25, 0.3) is 10.8 Å². The van der Waals surface area contributed by atoms with Crippen LogP contribution in [-0.4, -0.2) is 43.3 Å². The number of para-hydroxylation sites is 1. The lowest BCUT2D eigenvalue weighted by molar-refractivity contribution is 0.0926. The third-order valence-corrected chi connectivity index (χ3v) is 7.88. The number of hydrogen-bond donors (Lipinski definition) is 4. The number of amides is 3. The van der Waals surface area contributed by atoms with Crippen molar-refractivity contribution in [3.63, 3.8) is 0 Å². The highest BCUT2D eigenvalue weighted by Crippen LogP contribution is 2.36. The summed E-state index contributed by atoms with van der Waals surface area (Å²) >= 11 is 0. The van der Waals surface area contributed by atoms with Crippen molar-refractivity contribution in [2.75, 3.05) is 36.3 Å². The standard InChI is InChI=1S/C37H37N5O5/c1-23(2)24-19-30(36(43)40-26-16-18-46-22-26)35(45-3)32(20-24)42-37(44)41-31-13-14-33(29-12-8-7-11-28(29)31)47-27-15-17-38-34(21-27)39-25-9-5-4-6-10-25/h4-15,17,19-21,23,26H,16,18,22H2,1-3H3,(H,38,39)(H,40,43)(H2,41,42,44)/t26-/m1/s1. The van der Waals surface area contributed by atoms with E-state index in [0.29, 0.717) is 47.5 Å². The summed E-state index contributed by atoms with van der Waals surface area (Å²) in [6, 6.07) is 27.8. The quantitative estimate of drug-likeness (QED) is 0.123. The van der Waals surface area contributed by atoms with Gasteiger partial charge in [-0.1, -0.05) is 56.3 Å². The summed E-state index contributed by atoms with van der Waals surface area (Å²) in [6.07, 6.45) is 2.43. The highest BCUT2D eigenvalue weighted by molar-refractivity contribution is 6.09. The van der Waals surface area contributed by atoms with Gasteiger partial charge in [-0.3, -0.25) is 4.79 Å². The number of aromatic nitrogens is 1. The second kappa shape index (κ2) is 14.2. The van der Waals surface area contributed by atoms with Gasteiger partial charge < -0.3 is 35.5 Å². The van der Waals surface area contributed by atoms with Gasteiger partial charge in [-0.2, -0.15) is 0 Å². The Hall–Kier alpha value is -5.61. The normalized spacial score (nSPS) is 14.1. The van der Waals surface area contributed by atoms with E-state index in [1.54, 1.807) is 18.3 Å². The van der Waals surface area contributed by atoms with Crippen molar-refractivity contribution in [3.05, 3.63) is 108 Å². The monoisotopic (exact) mass is 631 g/mol. The first-order chi connectivity index (χ1) is 22.9. The van der Waals surface area contributed by atoms with Crippen LogP contribution in [0.3, 0.4) is 0 Å². The van der Waals surface area contributed by atoms with Crippen LogP contribution in [0.4, 0.5) is 27.7 Å². The van der Waals surface area contributed by atoms with E-state index in [1.807, 2.05) is 92.7 Å². The fraction of sp³-hybridized carbons (Fsp3) is 0.216. The van der Waals surface area contributed by atoms with Crippen molar-refractivity contribution in [2.45, 2.75) is 32.2 Å². The Kier molecular flexibility index (Phi) is 9.49. The molecule has 1 aromatic heterocycles. The van der Waals surface area contributed by atoms with Crippen LogP contribution in [0.2, 0.25) is 0 Å². The first-order valence-electron chi connectivity index (χ1n) is 15.5. The van der Waals surface area contributed by atoms with Crippen LogP contribution < -0.4 is 30.7 Å². The molecule has 1 fully saturated rings. The summed E-state index contributed by atoms with van der Waals surface area (Å²) in [7, 11) is 1.48. The van der Waals surface area contributed by atoms with Gasteiger partial charge in [0.15, 0.2) is 5.75 Å². The Morgan fingerprint density at radius 1 is 0.894 bits per heavy atom. The first-order valence-corrected chi connectivity index (χ1v) is 15.5. The van der Waals surface area contributed by atoms with Crippen LogP contribution >= 0.6 is 0 Å². The zero-order valence-corrected chi connectivity index (χ0v) is 26.5. The van der Waals surface area contributed by atoms with Gasteiger partial charge >= 0.3 is 6.03 Å². The fourth-order valence-electron chi connectivity index (χ4n) is 5.46. The molecule has 240 valence electrons. The molecule has 0 radical (unpaired) electrons. The molecule has 6 rings (SSSR count). The number of ether oxygens (including phenoxy) is 3. The molecule has 0 unspecified atom stereocenters. The maximum atomic E-state index is 13.5. The van der Waals surface area contributed by atoms with E-state index in [0.717, 1.165) is 28.4 Å². The predicted molar refractivity (Wildman–Crippen MR) is 184 cm³/mol. The van der Waals surface area contributed by atoms with Crippen LogP contribution in [0.5, 0.6) is 17.2 Å². The Morgan fingerprint density at radius 3 is 2.40 bits per heavy atom. The second-order valence-electron chi connectivity index (χ2n) is 11.5. The molecule has 0 aliphatic carbocycles. The molecule has 1 aliphatic heterocycles. The molecule has 0 spiro atoms. The fourth-order valence-corrected chi connectivity index (χ4v) is 5.46. The van der Waals surface area contributed by atoms with Gasteiger partial charge in [0.1, 0.15) is 17.3 Å².